The molecule has 0 aromatic heterocycles. The highest BCUT2D eigenvalue weighted by atomic mass is 79.9. The van der Waals surface area contributed by atoms with Crippen LogP contribution in [0.5, 0.6) is 0 Å². The van der Waals surface area contributed by atoms with Crippen molar-refractivity contribution in [1.82, 2.24) is 0 Å². The van der Waals surface area contributed by atoms with Crippen molar-refractivity contribution in [2.24, 2.45) is 0 Å². The van der Waals surface area contributed by atoms with Gasteiger partial charge in [-0.25, -0.2) is 4.39 Å². The molecule has 2 rings (SSSR count). The minimum Gasteiger partial charge on any atom is -0.294 e. The predicted molar refractivity (Wildman–Crippen MR) is 68.6 cm³/mol. The molecule has 0 fully saturated rings. The lowest BCUT2D eigenvalue weighted by Crippen LogP contribution is -2.04. The standard InChI is InChI=1S/C14H10BrFO/c15-12-7-5-10(6-8-12)14(17)9-11-3-1-2-4-13(11)16/h1-8H,9H2. The molecule has 0 bridgehead atoms. The van der Waals surface area contributed by atoms with Crippen LogP contribution in [0.2, 0.25) is 0 Å². The smallest absolute Gasteiger partial charge is 0.167 e. The number of hydrogen-bond acceptors (Lipinski definition) is 1. The van der Waals surface area contributed by atoms with Gasteiger partial charge in [-0.15, -0.1) is 0 Å². The van der Waals surface area contributed by atoms with Crippen molar-refractivity contribution in [2.75, 3.05) is 0 Å². The Morgan fingerprint density at radius 1 is 1.06 bits per heavy atom. The maximum Gasteiger partial charge on any atom is 0.167 e. The average Bonchev–Trinajstić information content (AvgIpc) is 2.33. The van der Waals surface area contributed by atoms with Crippen LogP contribution in [0.4, 0.5) is 4.39 Å². The fourth-order valence-electron chi connectivity index (χ4n) is 1.55. The van der Waals surface area contributed by atoms with Gasteiger partial charge in [-0.1, -0.05) is 46.3 Å². The lowest BCUT2D eigenvalue weighted by atomic mass is 10.0. The van der Waals surface area contributed by atoms with Gasteiger partial charge >= 0.3 is 0 Å². The molecule has 86 valence electrons. The van der Waals surface area contributed by atoms with Crippen LogP contribution >= 0.6 is 15.9 Å². The second-order valence-electron chi connectivity index (χ2n) is 3.70. The van der Waals surface area contributed by atoms with E-state index in [1.54, 1.807) is 42.5 Å². The highest BCUT2D eigenvalue weighted by Crippen LogP contribution is 2.14. The highest BCUT2D eigenvalue weighted by Gasteiger charge is 2.09. The van der Waals surface area contributed by atoms with E-state index < -0.39 is 0 Å². The third kappa shape index (κ3) is 3.01. The van der Waals surface area contributed by atoms with Crippen molar-refractivity contribution in [1.29, 1.82) is 0 Å². The van der Waals surface area contributed by atoms with E-state index in [4.69, 9.17) is 0 Å². The number of Topliss-reactive ketones (excluding diaryl/α,β-unsaturated/α-hetero) is 1. The monoisotopic (exact) mass is 292 g/mol. The number of carbonyl (C=O) groups excluding carboxylic acids is 1. The first-order chi connectivity index (χ1) is 8.16. The van der Waals surface area contributed by atoms with Crippen LogP contribution in [0.25, 0.3) is 0 Å². The van der Waals surface area contributed by atoms with Crippen molar-refractivity contribution in [2.45, 2.75) is 6.42 Å². The molecule has 0 unspecified atom stereocenters. The highest BCUT2D eigenvalue weighted by molar-refractivity contribution is 9.10. The number of rotatable bonds is 3. The number of benzene rings is 2. The molecule has 0 amide bonds. The van der Waals surface area contributed by atoms with Gasteiger partial charge in [0.25, 0.3) is 0 Å². The Morgan fingerprint density at radius 3 is 2.35 bits per heavy atom. The third-order valence-corrected chi connectivity index (χ3v) is 3.00. The molecule has 0 aliphatic carbocycles. The van der Waals surface area contributed by atoms with Crippen LogP contribution in [0.1, 0.15) is 15.9 Å². The molecular formula is C14H10BrFO. The lowest BCUT2D eigenvalue weighted by molar-refractivity contribution is 0.0992. The van der Waals surface area contributed by atoms with Gasteiger partial charge in [0, 0.05) is 16.5 Å². The normalized spacial score (nSPS) is 10.2. The Kier molecular flexibility index (Phi) is 3.69. The summed E-state index contributed by atoms with van der Waals surface area (Å²) in [5.74, 6) is -0.416. The summed E-state index contributed by atoms with van der Waals surface area (Å²) in [7, 11) is 0. The molecule has 0 spiro atoms. The van der Waals surface area contributed by atoms with Crippen molar-refractivity contribution in [3.05, 3.63) is 69.9 Å². The SMILES string of the molecule is O=C(Cc1ccccc1F)c1ccc(Br)cc1. The number of ketones is 1. The second-order valence-corrected chi connectivity index (χ2v) is 4.61. The zero-order valence-corrected chi connectivity index (χ0v) is 10.6. The van der Waals surface area contributed by atoms with Crippen LogP contribution in [0.15, 0.2) is 53.0 Å². The molecule has 0 heterocycles. The molecule has 0 saturated carbocycles. The largest absolute Gasteiger partial charge is 0.294 e. The minimum absolute atomic E-state index is 0.0809. The van der Waals surface area contributed by atoms with Crippen molar-refractivity contribution in [3.63, 3.8) is 0 Å². The number of carbonyl (C=O) groups is 1. The summed E-state index contributed by atoms with van der Waals surface area (Å²) in [6, 6.07) is 13.4. The molecule has 0 saturated heterocycles. The van der Waals surface area contributed by atoms with Gasteiger partial charge in [0.1, 0.15) is 5.82 Å². The predicted octanol–water partition coefficient (Wildman–Crippen LogP) is 4.01. The van der Waals surface area contributed by atoms with Crippen molar-refractivity contribution < 1.29 is 9.18 Å². The fraction of sp³-hybridized carbons (Fsp3) is 0.0714. The summed E-state index contributed by atoms with van der Waals surface area (Å²) < 4.78 is 14.3. The molecule has 0 atom stereocenters. The Hall–Kier alpha value is -1.48. The first-order valence-corrected chi connectivity index (χ1v) is 5.98. The van der Waals surface area contributed by atoms with Gasteiger partial charge in [-0.3, -0.25) is 4.79 Å². The Morgan fingerprint density at radius 2 is 1.71 bits per heavy atom. The molecule has 2 aromatic rings. The molecular weight excluding hydrogens is 283 g/mol. The Bertz CT molecular complexity index is 534. The minimum atomic E-state index is -0.335. The second kappa shape index (κ2) is 5.23. The molecule has 2 aromatic carbocycles. The molecule has 3 heteroatoms. The van der Waals surface area contributed by atoms with Gasteiger partial charge in [-0.2, -0.15) is 0 Å². The topological polar surface area (TPSA) is 17.1 Å². The molecule has 0 radical (unpaired) electrons. The van der Waals surface area contributed by atoms with E-state index in [9.17, 15) is 9.18 Å². The lowest BCUT2D eigenvalue weighted by Gasteiger charge is -2.03. The van der Waals surface area contributed by atoms with Crippen LogP contribution in [0.3, 0.4) is 0 Å². The maximum atomic E-state index is 13.4. The summed E-state index contributed by atoms with van der Waals surface area (Å²) in [5.41, 5.74) is 1.02. The summed E-state index contributed by atoms with van der Waals surface area (Å²) in [5, 5.41) is 0. The quantitative estimate of drug-likeness (QED) is 0.781. The van der Waals surface area contributed by atoms with Crippen molar-refractivity contribution >= 4 is 21.7 Å². The maximum absolute atomic E-state index is 13.4. The van der Waals surface area contributed by atoms with Gasteiger partial charge < -0.3 is 0 Å². The van der Waals surface area contributed by atoms with E-state index >= 15 is 0 Å². The van der Waals surface area contributed by atoms with E-state index in [0.29, 0.717) is 11.1 Å². The van der Waals surface area contributed by atoms with Crippen LogP contribution < -0.4 is 0 Å². The van der Waals surface area contributed by atoms with E-state index in [1.165, 1.54) is 6.07 Å². The summed E-state index contributed by atoms with van der Waals surface area (Å²) in [4.78, 5) is 11.9. The summed E-state index contributed by atoms with van der Waals surface area (Å²) in [6.07, 6.45) is 0.0916. The zero-order valence-electron chi connectivity index (χ0n) is 8.99. The van der Waals surface area contributed by atoms with Gasteiger partial charge in [0.2, 0.25) is 0 Å². The first kappa shape index (κ1) is 12.0. The number of hydrogen-bond donors (Lipinski definition) is 0. The van der Waals surface area contributed by atoms with Gasteiger partial charge in [0.15, 0.2) is 5.78 Å². The van der Waals surface area contributed by atoms with Crippen LogP contribution in [0, 0.1) is 5.82 Å². The van der Waals surface area contributed by atoms with Crippen LogP contribution in [-0.4, -0.2) is 5.78 Å². The van der Waals surface area contributed by atoms with Gasteiger partial charge in [-0.05, 0) is 23.8 Å². The van der Waals surface area contributed by atoms with E-state index in [0.717, 1.165) is 4.47 Å². The average molecular weight is 293 g/mol. The van der Waals surface area contributed by atoms with E-state index in [2.05, 4.69) is 15.9 Å². The third-order valence-electron chi connectivity index (χ3n) is 2.48. The summed E-state index contributed by atoms with van der Waals surface area (Å²) in [6.45, 7) is 0. The molecule has 0 N–H and O–H groups in total. The van der Waals surface area contributed by atoms with E-state index in [-0.39, 0.29) is 18.0 Å². The fourth-order valence-corrected chi connectivity index (χ4v) is 1.82. The molecule has 0 aliphatic rings. The first-order valence-electron chi connectivity index (χ1n) is 5.19. The molecule has 1 nitrogen and oxygen atoms in total. The van der Waals surface area contributed by atoms with Crippen molar-refractivity contribution in [3.8, 4) is 0 Å². The van der Waals surface area contributed by atoms with Crippen LogP contribution in [-0.2, 0) is 6.42 Å². The Balaban J connectivity index is 2.17. The molecule has 17 heavy (non-hydrogen) atoms. The Labute approximate surface area is 107 Å². The summed E-state index contributed by atoms with van der Waals surface area (Å²) >= 11 is 3.30. The zero-order chi connectivity index (χ0) is 12.3. The molecule has 0 aliphatic heterocycles. The van der Waals surface area contributed by atoms with E-state index in [1.807, 2.05) is 0 Å². The number of halogens is 2. The van der Waals surface area contributed by atoms with Gasteiger partial charge in [0.05, 0.1) is 0 Å².